The van der Waals surface area contributed by atoms with Gasteiger partial charge in [0.2, 0.25) is 0 Å². The molecule has 0 amide bonds. The van der Waals surface area contributed by atoms with Crippen LogP contribution in [0.1, 0.15) is 40.8 Å². The molecule has 0 saturated heterocycles. The number of aryl methyl sites for hydroxylation is 3. The van der Waals surface area contributed by atoms with Gasteiger partial charge in [0.1, 0.15) is 15.6 Å². The molecule has 7 nitrogen and oxygen atoms in total. The van der Waals surface area contributed by atoms with Gasteiger partial charge >= 0.3 is 0 Å². The summed E-state index contributed by atoms with van der Waals surface area (Å²) in [5.74, 6) is -1.91. The third-order valence-electron chi connectivity index (χ3n) is 6.68. The molecule has 37 heavy (non-hydrogen) atoms. The Labute approximate surface area is 217 Å². The molecule has 1 aromatic carbocycles. The molecule has 1 aliphatic carbocycles. The van der Waals surface area contributed by atoms with Crippen LogP contribution < -0.4 is 5.56 Å². The van der Waals surface area contributed by atoms with E-state index in [1.807, 2.05) is 19.3 Å². The van der Waals surface area contributed by atoms with E-state index in [-0.39, 0.29) is 28.1 Å². The van der Waals surface area contributed by atoms with Gasteiger partial charge in [-0.1, -0.05) is 17.7 Å². The number of nitrogens with zero attached hydrogens (tertiary/aromatic N) is 4. The monoisotopic (exact) mass is 544 g/mol. The zero-order valence-corrected chi connectivity index (χ0v) is 22.0. The highest BCUT2D eigenvalue weighted by atomic mass is 35.5. The molecule has 3 aromatic heterocycles. The van der Waals surface area contributed by atoms with Crippen molar-refractivity contribution < 1.29 is 17.2 Å². The summed E-state index contributed by atoms with van der Waals surface area (Å²) >= 11 is 6.55. The Kier molecular flexibility index (Phi) is 6.07. The summed E-state index contributed by atoms with van der Waals surface area (Å²) < 4.78 is 57.9. The van der Waals surface area contributed by atoms with Gasteiger partial charge in [-0.05, 0) is 61.6 Å². The van der Waals surface area contributed by atoms with Gasteiger partial charge in [-0.3, -0.25) is 19.0 Å². The van der Waals surface area contributed by atoms with Crippen molar-refractivity contribution in [3.63, 3.8) is 0 Å². The Bertz CT molecular complexity index is 1750. The van der Waals surface area contributed by atoms with E-state index >= 15 is 8.78 Å². The molecule has 1 saturated carbocycles. The van der Waals surface area contributed by atoms with Crippen molar-refractivity contribution in [2.45, 2.75) is 37.0 Å². The predicted octanol–water partition coefficient (Wildman–Crippen LogP) is 4.86. The lowest BCUT2D eigenvalue weighted by atomic mass is 10.1. The summed E-state index contributed by atoms with van der Waals surface area (Å²) in [6.45, 7) is 3.24. The molecule has 5 rings (SSSR count). The summed E-state index contributed by atoms with van der Waals surface area (Å²) in [5.41, 5.74) is 0.904. The normalized spacial score (nSPS) is 17.3. The maximum Gasteiger partial charge on any atom is 0.274 e. The molecule has 192 valence electrons. The van der Waals surface area contributed by atoms with Crippen LogP contribution in [0.15, 0.2) is 52.4 Å². The minimum absolute atomic E-state index is 0.0172. The Hall–Kier alpha value is -3.37. The van der Waals surface area contributed by atoms with Gasteiger partial charge < -0.3 is 0 Å². The van der Waals surface area contributed by atoms with Crippen LogP contribution in [0.2, 0.25) is 5.02 Å². The van der Waals surface area contributed by atoms with Gasteiger partial charge in [0.05, 0.1) is 11.4 Å². The number of benzene rings is 1. The first kappa shape index (κ1) is 25.3. The maximum absolute atomic E-state index is 16.0. The van der Waals surface area contributed by atoms with Crippen LogP contribution in [-0.2, 0) is 16.9 Å². The number of pyridine rings is 2. The number of hydrogen-bond acceptors (Lipinski definition) is 5. The molecule has 0 aliphatic heterocycles. The van der Waals surface area contributed by atoms with Crippen LogP contribution in [0.5, 0.6) is 0 Å². The van der Waals surface area contributed by atoms with E-state index in [2.05, 4.69) is 10.1 Å². The van der Waals surface area contributed by atoms with E-state index in [9.17, 15) is 13.2 Å². The molecular weight excluding hydrogens is 522 g/mol. The van der Waals surface area contributed by atoms with Crippen LogP contribution >= 0.6 is 11.6 Å². The highest BCUT2D eigenvalue weighted by Gasteiger charge is 2.43. The molecule has 0 spiro atoms. The van der Waals surface area contributed by atoms with Crippen molar-refractivity contribution in [3.8, 4) is 16.9 Å². The van der Waals surface area contributed by atoms with E-state index < -0.39 is 37.6 Å². The number of aromatic nitrogens is 4. The fourth-order valence-corrected chi connectivity index (χ4v) is 5.83. The minimum Gasteiger partial charge on any atom is -0.277 e. The first-order chi connectivity index (χ1) is 17.4. The van der Waals surface area contributed by atoms with Crippen LogP contribution in [0.3, 0.4) is 0 Å². The smallest absolute Gasteiger partial charge is 0.274 e. The second-order valence-corrected chi connectivity index (χ2v) is 11.8. The molecule has 4 aromatic rings. The lowest BCUT2D eigenvalue weighted by Crippen LogP contribution is -2.24. The number of hydrogen-bond donors (Lipinski definition) is 0. The SMILES string of the molecule is Cc1cnc(-c2cccc(S(C)(=O)=O)c2F)c(F)c1-n1c(C)cc([C@@H]2CC2c2ccn(C)n2)c(Cl)c1=O. The van der Waals surface area contributed by atoms with E-state index in [4.69, 9.17) is 11.6 Å². The van der Waals surface area contributed by atoms with Crippen LogP contribution in [0.4, 0.5) is 8.78 Å². The molecule has 1 aliphatic rings. The molecule has 1 fully saturated rings. The summed E-state index contributed by atoms with van der Waals surface area (Å²) in [7, 11) is -2.06. The Morgan fingerprint density at radius 3 is 2.49 bits per heavy atom. The van der Waals surface area contributed by atoms with Crippen LogP contribution in [-0.4, -0.2) is 34.0 Å². The fraction of sp³-hybridized carbons (Fsp3) is 0.269. The van der Waals surface area contributed by atoms with Crippen molar-refractivity contribution in [3.05, 3.63) is 92.3 Å². The topological polar surface area (TPSA) is 86.8 Å². The Balaban J connectivity index is 1.63. The average Bonchev–Trinajstić information content (AvgIpc) is 3.50. The third-order valence-corrected chi connectivity index (χ3v) is 8.18. The largest absolute Gasteiger partial charge is 0.277 e. The van der Waals surface area contributed by atoms with Gasteiger partial charge in [0, 0.05) is 42.9 Å². The molecule has 11 heteroatoms. The van der Waals surface area contributed by atoms with Gasteiger partial charge in [-0.15, -0.1) is 0 Å². The van der Waals surface area contributed by atoms with Crippen molar-refractivity contribution >= 4 is 21.4 Å². The molecule has 3 heterocycles. The Morgan fingerprint density at radius 2 is 1.84 bits per heavy atom. The summed E-state index contributed by atoms with van der Waals surface area (Å²) in [6.07, 6.45) is 4.83. The van der Waals surface area contributed by atoms with Gasteiger partial charge in [0.15, 0.2) is 21.5 Å². The van der Waals surface area contributed by atoms with Gasteiger partial charge in [-0.2, -0.15) is 5.10 Å². The molecule has 1 unspecified atom stereocenters. The van der Waals surface area contributed by atoms with Crippen LogP contribution in [0, 0.1) is 25.5 Å². The van der Waals surface area contributed by atoms with E-state index in [0.717, 1.165) is 29.0 Å². The quantitative estimate of drug-likeness (QED) is 0.358. The standard InChI is InChI=1S/C26H23ClF2N4O3S/c1-13-12-30-24(15-6-5-7-20(22(15)28)37(4,35)36)23(29)25(13)33-14(2)10-18(21(27)26(33)34)16-11-17(16)19-8-9-32(3)31-19/h5-10,12,16-17H,11H2,1-4H3/t16-,17?/m1/s1. The van der Waals surface area contributed by atoms with Crippen LogP contribution in [0.25, 0.3) is 16.9 Å². The Morgan fingerprint density at radius 1 is 1.11 bits per heavy atom. The predicted molar refractivity (Wildman–Crippen MR) is 136 cm³/mol. The molecule has 0 radical (unpaired) electrons. The molecule has 2 atom stereocenters. The van der Waals surface area contributed by atoms with Crippen molar-refractivity contribution in [1.82, 2.24) is 19.3 Å². The molecule has 0 bridgehead atoms. The summed E-state index contributed by atoms with van der Waals surface area (Å²) in [4.78, 5) is 16.9. The second-order valence-electron chi connectivity index (χ2n) is 9.40. The van der Waals surface area contributed by atoms with Crippen molar-refractivity contribution in [2.75, 3.05) is 6.26 Å². The lowest BCUT2D eigenvalue weighted by Gasteiger charge is -2.18. The molecular formula is C26H23ClF2N4O3S. The van der Waals surface area contributed by atoms with E-state index in [1.54, 1.807) is 24.6 Å². The zero-order chi connectivity index (χ0) is 26.8. The van der Waals surface area contributed by atoms with Crippen molar-refractivity contribution in [1.29, 1.82) is 0 Å². The minimum atomic E-state index is -3.90. The maximum atomic E-state index is 16.0. The average molecular weight is 545 g/mol. The number of sulfone groups is 1. The zero-order valence-electron chi connectivity index (χ0n) is 20.5. The summed E-state index contributed by atoms with van der Waals surface area (Å²) in [5, 5.41) is 4.43. The molecule has 0 N–H and O–H groups in total. The first-order valence-corrected chi connectivity index (χ1v) is 13.7. The third kappa shape index (κ3) is 4.27. The number of halogens is 3. The summed E-state index contributed by atoms with van der Waals surface area (Å²) in [6, 6.07) is 7.35. The highest BCUT2D eigenvalue weighted by molar-refractivity contribution is 7.90. The van der Waals surface area contributed by atoms with E-state index in [1.165, 1.54) is 18.3 Å². The lowest BCUT2D eigenvalue weighted by molar-refractivity contribution is 0.569. The first-order valence-electron chi connectivity index (χ1n) is 11.5. The second kappa shape index (κ2) is 8.88. The number of rotatable bonds is 5. The fourth-order valence-electron chi connectivity index (χ4n) is 4.79. The van der Waals surface area contributed by atoms with Crippen molar-refractivity contribution in [2.24, 2.45) is 7.05 Å². The van der Waals surface area contributed by atoms with E-state index in [0.29, 0.717) is 16.8 Å². The van der Waals surface area contributed by atoms with Gasteiger partial charge in [-0.25, -0.2) is 17.2 Å². The van der Waals surface area contributed by atoms with Gasteiger partial charge in [0.25, 0.3) is 5.56 Å². The highest BCUT2D eigenvalue weighted by Crippen LogP contribution is 2.55.